The SMILES string of the molecule is CCOc1cc2c(cc1OCC)[C@H](c1cccnc1)NCC2. The fraction of sp³-hybridized carbons (Fsp3) is 0.389. The van der Waals surface area contributed by atoms with Crippen LogP contribution in [-0.4, -0.2) is 24.7 Å². The number of aromatic nitrogens is 1. The van der Waals surface area contributed by atoms with Gasteiger partial charge in [0.25, 0.3) is 0 Å². The lowest BCUT2D eigenvalue weighted by atomic mass is 9.90. The van der Waals surface area contributed by atoms with Gasteiger partial charge >= 0.3 is 0 Å². The zero-order valence-corrected chi connectivity index (χ0v) is 13.1. The van der Waals surface area contributed by atoms with Crippen molar-refractivity contribution in [3.05, 3.63) is 53.3 Å². The van der Waals surface area contributed by atoms with E-state index in [1.807, 2.05) is 26.1 Å². The van der Waals surface area contributed by atoms with E-state index in [9.17, 15) is 0 Å². The van der Waals surface area contributed by atoms with E-state index in [2.05, 4.69) is 28.5 Å². The highest BCUT2D eigenvalue weighted by Gasteiger charge is 2.24. The Bertz CT molecular complexity index is 628. The molecule has 0 saturated carbocycles. The van der Waals surface area contributed by atoms with Crippen molar-refractivity contribution in [3.63, 3.8) is 0 Å². The second kappa shape index (κ2) is 6.79. The Hall–Kier alpha value is -2.07. The minimum atomic E-state index is 0.160. The number of hydrogen-bond acceptors (Lipinski definition) is 4. The number of ether oxygens (including phenoxy) is 2. The molecule has 4 heteroatoms. The van der Waals surface area contributed by atoms with Gasteiger partial charge in [0.1, 0.15) is 0 Å². The molecule has 1 aromatic heterocycles. The van der Waals surface area contributed by atoms with Gasteiger partial charge in [-0.2, -0.15) is 0 Å². The van der Waals surface area contributed by atoms with Gasteiger partial charge in [-0.15, -0.1) is 0 Å². The number of pyridine rings is 1. The summed E-state index contributed by atoms with van der Waals surface area (Å²) in [5.41, 5.74) is 3.75. The maximum atomic E-state index is 5.77. The van der Waals surface area contributed by atoms with E-state index >= 15 is 0 Å². The Labute approximate surface area is 131 Å². The second-order valence-electron chi connectivity index (χ2n) is 5.29. The van der Waals surface area contributed by atoms with Crippen molar-refractivity contribution in [2.75, 3.05) is 19.8 Å². The second-order valence-corrected chi connectivity index (χ2v) is 5.29. The molecule has 116 valence electrons. The van der Waals surface area contributed by atoms with Crippen LogP contribution in [0.3, 0.4) is 0 Å². The molecule has 0 aliphatic carbocycles. The highest BCUT2D eigenvalue weighted by molar-refractivity contribution is 5.51. The van der Waals surface area contributed by atoms with Gasteiger partial charge < -0.3 is 14.8 Å². The van der Waals surface area contributed by atoms with Gasteiger partial charge in [-0.1, -0.05) is 6.07 Å². The molecule has 3 rings (SSSR count). The Morgan fingerprint density at radius 3 is 2.64 bits per heavy atom. The summed E-state index contributed by atoms with van der Waals surface area (Å²) < 4.78 is 11.5. The first-order valence-electron chi connectivity index (χ1n) is 7.89. The van der Waals surface area contributed by atoms with Crippen molar-refractivity contribution < 1.29 is 9.47 Å². The maximum absolute atomic E-state index is 5.77. The number of hydrogen-bond donors (Lipinski definition) is 1. The van der Waals surface area contributed by atoms with Crippen LogP contribution >= 0.6 is 0 Å². The number of rotatable bonds is 5. The summed E-state index contributed by atoms with van der Waals surface area (Å²) in [4.78, 5) is 4.24. The molecule has 2 aromatic rings. The molecule has 1 aromatic carbocycles. The lowest BCUT2D eigenvalue weighted by molar-refractivity contribution is 0.286. The zero-order valence-electron chi connectivity index (χ0n) is 13.1. The smallest absolute Gasteiger partial charge is 0.161 e. The third-order valence-electron chi connectivity index (χ3n) is 3.88. The molecule has 1 atom stereocenters. The van der Waals surface area contributed by atoms with Crippen molar-refractivity contribution in [2.24, 2.45) is 0 Å². The van der Waals surface area contributed by atoms with Crippen LogP contribution < -0.4 is 14.8 Å². The summed E-state index contributed by atoms with van der Waals surface area (Å²) in [5, 5.41) is 3.58. The number of fused-ring (bicyclic) bond motifs is 1. The summed E-state index contributed by atoms with van der Waals surface area (Å²) >= 11 is 0. The predicted molar refractivity (Wildman–Crippen MR) is 86.6 cm³/mol. The molecule has 2 heterocycles. The summed E-state index contributed by atoms with van der Waals surface area (Å²) in [6.45, 7) is 6.21. The fourth-order valence-electron chi connectivity index (χ4n) is 2.94. The van der Waals surface area contributed by atoms with E-state index in [1.54, 1.807) is 6.20 Å². The Balaban J connectivity index is 2.03. The minimum Gasteiger partial charge on any atom is -0.490 e. The van der Waals surface area contributed by atoms with E-state index in [4.69, 9.17) is 9.47 Å². The highest BCUT2D eigenvalue weighted by atomic mass is 16.5. The number of benzene rings is 1. The Kier molecular flexibility index (Phi) is 4.59. The van der Waals surface area contributed by atoms with Crippen molar-refractivity contribution in [1.82, 2.24) is 10.3 Å². The van der Waals surface area contributed by atoms with E-state index in [1.165, 1.54) is 16.7 Å². The summed E-state index contributed by atoms with van der Waals surface area (Å²) in [5.74, 6) is 1.66. The lowest BCUT2D eigenvalue weighted by Crippen LogP contribution is -2.30. The van der Waals surface area contributed by atoms with Gasteiger partial charge in [0.15, 0.2) is 11.5 Å². The Morgan fingerprint density at radius 1 is 1.18 bits per heavy atom. The molecular weight excluding hydrogens is 276 g/mol. The molecule has 0 saturated heterocycles. The van der Waals surface area contributed by atoms with Crippen LogP contribution in [0.5, 0.6) is 11.5 Å². The van der Waals surface area contributed by atoms with Gasteiger partial charge in [0, 0.05) is 18.9 Å². The van der Waals surface area contributed by atoms with E-state index < -0.39 is 0 Å². The Morgan fingerprint density at radius 2 is 1.95 bits per heavy atom. The van der Waals surface area contributed by atoms with E-state index in [0.717, 1.165) is 24.5 Å². The highest BCUT2D eigenvalue weighted by Crippen LogP contribution is 2.37. The predicted octanol–water partition coefficient (Wildman–Crippen LogP) is 3.11. The van der Waals surface area contributed by atoms with Crippen molar-refractivity contribution in [2.45, 2.75) is 26.3 Å². The molecular formula is C18H22N2O2. The van der Waals surface area contributed by atoms with Gasteiger partial charge in [0.2, 0.25) is 0 Å². The van der Waals surface area contributed by atoms with Crippen LogP contribution in [0.1, 0.15) is 36.6 Å². The normalized spacial score (nSPS) is 16.9. The molecule has 0 radical (unpaired) electrons. The van der Waals surface area contributed by atoms with Gasteiger partial charge in [-0.3, -0.25) is 4.98 Å². The van der Waals surface area contributed by atoms with E-state index in [0.29, 0.717) is 13.2 Å². The van der Waals surface area contributed by atoms with Crippen LogP contribution in [0.25, 0.3) is 0 Å². The van der Waals surface area contributed by atoms with Crippen LogP contribution in [0.15, 0.2) is 36.7 Å². The molecule has 0 spiro atoms. The van der Waals surface area contributed by atoms with Gasteiger partial charge in [-0.25, -0.2) is 0 Å². The van der Waals surface area contributed by atoms with Crippen molar-refractivity contribution >= 4 is 0 Å². The first-order valence-corrected chi connectivity index (χ1v) is 7.89. The summed E-state index contributed by atoms with van der Waals surface area (Å²) in [6.07, 6.45) is 4.72. The molecule has 0 amide bonds. The third kappa shape index (κ3) is 2.92. The summed E-state index contributed by atoms with van der Waals surface area (Å²) in [7, 11) is 0. The molecule has 0 unspecified atom stereocenters. The maximum Gasteiger partial charge on any atom is 0.161 e. The fourth-order valence-corrected chi connectivity index (χ4v) is 2.94. The van der Waals surface area contributed by atoms with Crippen LogP contribution in [0.2, 0.25) is 0 Å². The van der Waals surface area contributed by atoms with Gasteiger partial charge in [0.05, 0.1) is 19.3 Å². The van der Waals surface area contributed by atoms with Gasteiger partial charge in [-0.05, 0) is 55.2 Å². The zero-order chi connectivity index (χ0) is 15.4. The first-order chi connectivity index (χ1) is 10.8. The third-order valence-corrected chi connectivity index (χ3v) is 3.88. The van der Waals surface area contributed by atoms with Crippen molar-refractivity contribution in [3.8, 4) is 11.5 Å². The largest absolute Gasteiger partial charge is 0.490 e. The molecule has 22 heavy (non-hydrogen) atoms. The van der Waals surface area contributed by atoms with Crippen LogP contribution in [-0.2, 0) is 6.42 Å². The number of nitrogens with one attached hydrogen (secondary N) is 1. The van der Waals surface area contributed by atoms with Crippen LogP contribution in [0, 0.1) is 0 Å². The standard InChI is InChI=1S/C18H22N2O2/c1-3-21-16-10-13-7-9-20-18(14-6-5-8-19-12-14)15(13)11-17(16)22-4-2/h5-6,8,10-12,18,20H,3-4,7,9H2,1-2H3/t18-/m0/s1. The molecule has 1 aliphatic heterocycles. The molecule has 4 nitrogen and oxygen atoms in total. The average Bonchev–Trinajstić information content (AvgIpc) is 2.56. The molecule has 1 aliphatic rings. The van der Waals surface area contributed by atoms with Crippen molar-refractivity contribution in [1.29, 1.82) is 0 Å². The number of nitrogens with zero attached hydrogens (tertiary/aromatic N) is 1. The molecule has 1 N–H and O–H groups in total. The lowest BCUT2D eigenvalue weighted by Gasteiger charge is -2.28. The topological polar surface area (TPSA) is 43.4 Å². The monoisotopic (exact) mass is 298 g/mol. The van der Waals surface area contributed by atoms with E-state index in [-0.39, 0.29) is 6.04 Å². The average molecular weight is 298 g/mol. The molecule has 0 bridgehead atoms. The molecule has 0 fully saturated rings. The first kappa shape index (κ1) is 14.9. The summed E-state index contributed by atoms with van der Waals surface area (Å²) in [6, 6.07) is 8.49. The minimum absolute atomic E-state index is 0.160. The quantitative estimate of drug-likeness (QED) is 0.921. The van der Waals surface area contributed by atoms with Crippen LogP contribution in [0.4, 0.5) is 0 Å².